The van der Waals surface area contributed by atoms with Crippen LogP contribution in [0.15, 0.2) is 54.7 Å². The Hall–Kier alpha value is -2.67. The van der Waals surface area contributed by atoms with Crippen molar-refractivity contribution in [1.82, 2.24) is 14.8 Å². The van der Waals surface area contributed by atoms with Gasteiger partial charge in [0.05, 0.1) is 13.2 Å². The number of likely N-dealkylation sites (N-methyl/N-ethyl adjacent to an activating group) is 1. The second kappa shape index (κ2) is 9.00. The van der Waals surface area contributed by atoms with E-state index in [4.69, 9.17) is 4.74 Å². The van der Waals surface area contributed by atoms with Gasteiger partial charge in [0.2, 0.25) is 0 Å². The number of piperazine rings is 1. The minimum atomic E-state index is -1.16. The molecule has 3 aromatic rings. The molecule has 2 N–H and O–H groups in total. The van der Waals surface area contributed by atoms with Crippen molar-refractivity contribution in [1.29, 1.82) is 0 Å². The quantitative estimate of drug-likeness (QED) is 0.589. The van der Waals surface area contributed by atoms with Crippen LogP contribution in [0.3, 0.4) is 0 Å². The van der Waals surface area contributed by atoms with Crippen LogP contribution in [0.4, 0.5) is 0 Å². The monoisotopic (exact) mass is 407 g/mol. The van der Waals surface area contributed by atoms with Crippen LogP contribution in [0.1, 0.15) is 28.9 Å². The third kappa shape index (κ3) is 3.99. The number of aliphatic hydroxyl groups is 1. The van der Waals surface area contributed by atoms with Gasteiger partial charge in [-0.2, -0.15) is 0 Å². The van der Waals surface area contributed by atoms with Gasteiger partial charge in [-0.25, -0.2) is 0 Å². The molecular formula is C24H29N3O3. The number of aliphatic hydroxyl groups excluding tert-OH is 1. The van der Waals surface area contributed by atoms with Crippen LogP contribution in [0.5, 0.6) is 5.75 Å². The molecule has 2 atom stereocenters. The van der Waals surface area contributed by atoms with Crippen LogP contribution in [0.2, 0.25) is 0 Å². The fourth-order valence-electron chi connectivity index (χ4n) is 4.33. The molecule has 0 aliphatic carbocycles. The Bertz CT molecular complexity index is 990. The molecule has 1 fully saturated rings. The minimum absolute atomic E-state index is 0.258. The number of aromatic amines is 1. The number of carbonyl (C=O) groups is 1. The summed E-state index contributed by atoms with van der Waals surface area (Å²) in [6.45, 7) is 6.64. The first-order chi connectivity index (χ1) is 14.6. The fourth-order valence-corrected chi connectivity index (χ4v) is 4.33. The number of nitrogens with zero attached hydrogens (tertiary/aromatic N) is 2. The number of ketones is 1. The van der Waals surface area contributed by atoms with Gasteiger partial charge >= 0.3 is 0 Å². The molecule has 1 aliphatic rings. The number of rotatable bonds is 7. The number of Topliss-reactive ketones (excluding diaryl/α,β-unsaturated/α-hetero) is 1. The Labute approximate surface area is 177 Å². The standard InChI is InChI=1S/C24H29N3O3/c1-3-26-12-14-27(15-13-26)22(17-8-10-18(30-2)11-9-17)24(29)23(28)20-16-25-21-7-5-4-6-19(20)21/h4-11,16,22,24-25,29H,3,12-15H2,1-2H3/t22-,24-/m1/s1. The van der Waals surface area contributed by atoms with E-state index < -0.39 is 12.1 Å². The third-order valence-corrected chi connectivity index (χ3v) is 6.13. The number of carbonyl (C=O) groups excluding carboxylic acids is 1. The highest BCUT2D eigenvalue weighted by atomic mass is 16.5. The SMILES string of the molecule is CCN1CCN([C@H](c2ccc(OC)cc2)[C@@H](O)C(=O)c2c[nH]c3ccccc23)CC1. The molecule has 1 aromatic heterocycles. The number of benzene rings is 2. The molecule has 6 heteroatoms. The van der Waals surface area contributed by atoms with Gasteiger partial charge in [-0.1, -0.05) is 37.3 Å². The van der Waals surface area contributed by atoms with Crippen LogP contribution in [-0.2, 0) is 0 Å². The van der Waals surface area contributed by atoms with E-state index in [1.165, 1.54) is 0 Å². The topological polar surface area (TPSA) is 68.8 Å². The summed E-state index contributed by atoms with van der Waals surface area (Å²) in [5.41, 5.74) is 2.34. The van der Waals surface area contributed by atoms with E-state index in [0.29, 0.717) is 5.56 Å². The van der Waals surface area contributed by atoms with E-state index in [1.54, 1.807) is 13.3 Å². The van der Waals surface area contributed by atoms with E-state index >= 15 is 0 Å². The molecule has 0 radical (unpaired) electrons. The van der Waals surface area contributed by atoms with Crippen molar-refractivity contribution in [2.24, 2.45) is 0 Å². The number of methoxy groups -OCH3 is 1. The largest absolute Gasteiger partial charge is 0.497 e. The second-order valence-corrected chi connectivity index (χ2v) is 7.75. The van der Waals surface area contributed by atoms with Gasteiger partial charge in [0, 0.05) is 48.8 Å². The van der Waals surface area contributed by atoms with Crippen LogP contribution >= 0.6 is 0 Å². The molecule has 0 bridgehead atoms. The molecule has 158 valence electrons. The molecule has 6 nitrogen and oxygen atoms in total. The maximum absolute atomic E-state index is 13.4. The summed E-state index contributed by atoms with van der Waals surface area (Å²) in [6.07, 6.45) is 0.543. The summed E-state index contributed by atoms with van der Waals surface area (Å²) in [4.78, 5) is 21.1. The third-order valence-electron chi connectivity index (χ3n) is 6.13. The summed E-state index contributed by atoms with van der Waals surface area (Å²) in [5, 5.41) is 12.2. The number of para-hydroxylation sites is 1. The maximum atomic E-state index is 13.4. The molecule has 30 heavy (non-hydrogen) atoms. The predicted molar refractivity (Wildman–Crippen MR) is 118 cm³/mol. The van der Waals surface area contributed by atoms with Crippen molar-refractivity contribution in [2.75, 3.05) is 39.8 Å². The van der Waals surface area contributed by atoms with Gasteiger partial charge in [0.15, 0.2) is 5.78 Å². The summed E-state index contributed by atoms with van der Waals surface area (Å²) in [7, 11) is 1.63. The average molecular weight is 408 g/mol. The fraction of sp³-hybridized carbons (Fsp3) is 0.375. The number of hydrogen-bond acceptors (Lipinski definition) is 5. The molecule has 1 saturated heterocycles. The molecule has 1 aliphatic heterocycles. The summed E-state index contributed by atoms with van der Waals surface area (Å²) < 4.78 is 5.28. The smallest absolute Gasteiger partial charge is 0.195 e. The van der Waals surface area contributed by atoms with Crippen molar-refractivity contribution in [3.63, 3.8) is 0 Å². The summed E-state index contributed by atoms with van der Waals surface area (Å²) in [5.74, 6) is 0.497. The number of nitrogens with one attached hydrogen (secondary N) is 1. The van der Waals surface area contributed by atoms with Crippen molar-refractivity contribution in [3.8, 4) is 5.75 Å². The number of aromatic nitrogens is 1. The normalized spacial score (nSPS) is 17.7. The molecule has 0 amide bonds. The maximum Gasteiger partial charge on any atom is 0.195 e. The van der Waals surface area contributed by atoms with Crippen molar-refractivity contribution in [2.45, 2.75) is 19.1 Å². The highest BCUT2D eigenvalue weighted by Gasteiger charge is 2.35. The van der Waals surface area contributed by atoms with Crippen molar-refractivity contribution < 1.29 is 14.6 Å². The molecular weight excluding hydrogens is 378 g/mol. The molecule has 4 rings (SSSR count). The number of H-pyrrole nitrogens is 1. The summed E-state index contributed by atoms with van der Waals surface area (Å²) in [6, 6.07) is 14.9. The first kappa shape index (κ1) is 20.6. The number of ether oxygens (including phenoxy) is 1. The Morgan fingerprint density at radius 1 is 1.10 bits per heavy atom. The zero-order valence-corrected chi connectivity index (χ0v) is 17.5. The van der Waals surface area contributed by atoms with Gasteiger partial charge < -0.3 is 19.7 Å². The molecule has 2 heterocycles. The van der Waals surface area contributed by atoms with Crippen LogP contribution in [-0.4, -0.2) is 71.6 Å². The molecule has 0 unspecified atom stereocenters. The van der Waals surface area contributed by atoms with Crippen LogP contribution < -0.4 is 4.74 Å². The Kier molecular flexibility index (Phi) is 6.18. The lowest BCUT2D eigenvalue weighted by atomic mass is 9.93. The Morgan fingerprint density at radius 2 is 1.80 bits per heavy atom. The minimum Gasteiger partial charge on any atom is -0.497 e. The summed E-state index contributed by atoms with van der Waals surface area (Å²) >= 11 is 0. The Balaban J connectivity index is 1.66. The van der Waals surface area contributed by atoms with Crippen molar-refractivity contribution >= 4 is 16.7 Å². The molecule has 2 aromatic carbocycles. The first-order valence-electron chi connectivity index (χ1n) is 10.5. The average Bonchev–Trinajstić information content (AvgIpc) is 3.24. The molecule has 0 spiro atoms. The van der Waals surface area contributed by atoms with Gasteiger partial charge in [-0.15, -0.1) is 0 Å². The van der Waals surface area contributed by atoms with E-state index in [-0.39, 0.29) is 5.78 Å². The number of fused-ring (bicyclic) bond motifs is 1. The van der Waals surface area contributed by atoms with Gasteiger partial charge in [0.1, 0.15) is 11.9 Å². The van der Waals surface area contributed by atoms with E-state index in [1.807, 2.05) is 48.5 Å². The lowest BCUT2D eigenvalue weighted by Crippen LogP contribution is -2.51. The van der Waals surface area contributed by atoms with Gasteiger partial charge in [0.25, 0.3) is 0 Å². The number of hydrogen-bond donors (Lipinski definition) is 2. The van der Waals surface area contributed by atoms with Crippen LogP contribution in [0, 0.1) is 0 Å². The van der Waals surface area contributed by atoms with E-state index in [9.17, 15) is 9.90 Å². The lowest BCUT2D eigenvalue weighted by Gasteiger charge is -2.40. The lowest BCUT2D eigenvalue weighted by molar-refractivity contribution is 0.0199. The van der Waals surface area contributed by atoms with Gasteiger partial charge in [-0.3, -0.25) is 9.69 Å². The zero-order chi connectivity index (χ0) is 21.1. The highest BCUT2D eigenvalue weighted by molar-refractivity contribution is 6.10. The molecule has 0 saturated carbocycles. The second-order valence-electron chi connectivity index (χ2n) is 7.75. The van der Waals surface area contributed by atoms with Gasteiger partial charge in [-0.05, 0) is 30.3 Å². The predicted octanol–water partition coefficient (Wildman–Crippen LogP) is 3.10. The highest BCUT2D eigenvalue weighted by Crippen LogP contribution is 2.30. The van der Waals surface area contributed by atoms with Crippen LogP contribution in [0.25, 0.3) is 10.9 Å². The first-order valence-corrected chi connectivity index (χ1v) is 10.5. The zero-order valence-electron chi connectivity index (χ0n) is 17.5. The van der Waals surface area contributed by atoms with E-state index in [0.717, 1.165) is 54.9 Å². The van der Waals surface area contributed by atoms with E-state index in [2.05, 4.69) is 21.7 Å². The van der Waals surface area contributed by atoms with Crippen molar-refractivity contribution in [3.05, 3.63) is 65.9 Å². The Morgan fingerprint density at radius 3 is 2.47 bits per heavy atom.